The highest BCUT2D eigenvalue weighted by Gasteiger charge is 2.29. The zero-order valence-corrected chi connectivity index (χ0v) is 15.3. The molecule has 0 aromatic carbocycles. The number of aromatic nitrogens is 3. The molecule has 1 fully saturated rings. The minimum Gasteiger partial charge on any atom is -0.379 e. The molecule has 5 nitrogen and oxygen atoms in total. The van der Waals surface area contributed by atoms with Crippen LogP contribution in [-0.2, 0) is 17.6 Å². The Morgan fingerprint density at radius 1 is 1.24 bits per heavy atom. The van der Waals surface area contributed by atoms with E-state index in [2.05, 4.69) is 46.2 Å². The summed E-state index contributed by atoms with van der Waals surface area (Å²) in [6, 6.07) is 4.42. The van der Waals surface area contributed by atoms with E-state index in [1.54, 1.807) is 17.7 Å². The molecule has 6 heteroatoms. The van der Waals surface area contributed by atoms with E-state index >= 15 is 0 Å². The van der Waals surface area contributed by atoms with Crippen molar-refractivity contribution in [3.05, 3.63) is 46.9 Å². The van der Waals surface area contributed by atoms with Crippen molar-refractivity contribution in [2.24, 2.45) is 5.92 Å². The summed E-state index contributed by atoms with van der Waals surface area (Å²) in [6.07, 6.45) is 7.34. The first-order chi connectivity index (χ1) is 12.3. The number of fused-ring (bicyclic) bond motifs is 1. The maximum atomic E-state index is 5.77. The smallest absolute Gasteiger partial charge is 0.138 e. The van der Waals surface area contributed by atoms with Crippen molar-refractivity contribution in [2.75, 3.05) is 18.5 Å². The number of aryl methyl sites for hydroxylation is 2. The molecule has 2 atom stereocenters. The fourth-order valence-corrected chi connectivity index (χ4v) is 4.67. The second-order valence-corrected chi connectivity index (χ2v) is 7.70. The van der Waals surface area contributed by atoms with Crippen LogP contribution < -0.4 is 5.32 Å². The van der Waals surface area contributed by atoms with Gasteiger partial charge in [0.1, 0.15) is 17.0 Å². The molecular formula is C19H22N4OS. The number of anilines is 1. The fourth-order valence-electron chi connectivity index (χ4n) is 3.59. The van der Waals surface area contributed by atoms with Crippen molar-refractivity contribution in [3.8, 4) is 0 Å². The van der Waals surface area contributed by atoms with Gasteiger partial charge in [-0.2, -0.15) is 0 Å². The maximum Gasteiger partial charge on any atom is 0.138 e. The normalized spacial score (nSPS) is 20.2. The molecular weight excluding hydrogens is 332 g/mol. The van der Waals surface area contributed by atoms with E-state index < -0.39 is 0 Å². The summed E-state index contributed by atoms with van der Waals surface area (Å²) in [5.41, 5.74) is 2.65. The van der Waals surface area contributed by atoms with Crippen LogP contribution in [-0.4, -0.2) is 34.2 Å². The quantitative estimate of drug-likeness (QED) is 0.758. The van der Waals surface area contributed by atoms with Gasteiger partial charge in [-0.15, -0.1) is 11.3 Å². The van der Waals surface area contributed by atoms with Crippen LogP contribution in [0.2, 0.25) is 0 Å². The minimum absolute atomic E-state index is 0.260. The standard InChI is InChI=1S/C19H22N4OS/c1-3-15-12(2)25-19-17(15)18(21-11-22-19)23-16-10-24-9-14(16)8-13-4-6-20-7-5-13/h4-7,11,14,16H,3,8-10H2,1-2H3,(H,21,22,23). The molecule has 4 heterocycles. The summed E-state index contributed by atoms with van der Waals surface area (Å²) in [7, 11) is 0. The van der Waals surface area contributed by atoms with Crippen molar-refractivity contribution < 1.29 is 4.74 Å². The van der Waals surface area contributed by atoms with Gasteiger partial charge in [0.05, 0.1) is 24.6 Å². The molecule has 0 aliphatic carbocycles. The van der Waals surface area contributed by atoms with E-state index in [1.807, 2.05) is 12.4 Å². The van der Waals surface area contributed by atoms with E-state index in [4.69, 9.17) is 4.74 Å². The molecule has 1 N–H and O–H groups in total. The highest BCUT2D eigenvalue weighted by atomic mass is 32.1. The SMILES string of the molecule is CCc1c(C)sc2ncnc(NC3COCC3Cc3ccncc3)c12. The summed E-state index contributed by atoms with van der Waals surface area (Å²) in [6.45, 7) is 5.85. The van der Waals surface area contributed by atoms with Gasteiger partial charge in [0.25, 0.3) is 0 Å². The third-order valence-electron chi connectivity index (χ3n) is 4.91. The van der Waals surface area contributed by atoms with Crippen LogP contribution in [0.3, 0.4) is 0 Å². The Kier molecular flexibility index (Phi) is 4.63. The lowest BCUT2D eigenvalue weighted by molar-refractivity contribution is 0.185. The monoisotopic (exact) mass is 354 g/mol. The largest absolute Gasteiger partial charge is 0.379 e. The van der Waals surface area contributed by atoms with Gasteiger partial charge in [-0.1, -0.05) is 6.92 Å². The summed E-state index contributed by atoms with van der Waals surface area (Å²) in [5, 5.41) is 4.84. The molecule has 0 bridgehead atoms. The van der Waals surface area contributed by atoms with Gasteiger partial charge < -0.3 is 10.1 Å². The summed E-state index contributed by atoms with van der Waals surface area (Å²) in [4.78, 5) is 15.5. The Morgan fingerprint density at radius 2 is 2.08 bits per heavy atom. The number of rotatable bonds is 5. The highest BCUT2D eigenvalue weighted by Crippen LogP contribution is 2.34. The highest BCUT2D eigenvalue weighted by molar-refractivity contribution is 7.18. The number of pyridine rings is 1. The molecule has 3 aromatic heterocycles. The Labute approximate surface area is 151 Å². The fraction of sp³-hybridized carbons (Fsp3) is 0.421. The van der Waals surface area contributed by atoms with Crippen molar-refractivity contribution >= 4 is 27.4 Å². The lowest BCUT2D eigenvalue weighted by atomic mass is 9.95. The van der Waals surface area contributed by atoms with E-state index in [0.29, 0.717) is 12.5 Å². The number of thiophene rings is 1. The molecule has 1 saturated heterocycles. The summed E-state index contributed by atoms with van der Waals surface area (Å²) in [5.74, 6) is 1.37. The number of nitrogens with zero attached hydrogens (tertiary/aromatic N) is 3. The number of hydrogen-bond donors (Lipinski definition) is 1. The molecule has 0 spiro atoms. The van der Waals surface area contributed by atoms with Crippen molar-refractivity contribution in [2.45, 2.75) is 32.7 Å². The maximum absolute atomic E-state index is 5.77. The minimum atomic E-state index is 0.260. The lowest BCUT2D eigenvalue weighted by Gasteiger charge is -2.20. The van der Waals surface area contributed by atoms with Gasteiger partial charge in [-0.25, -0.2) is 9.97 Å². The topological polar surface area (TPSA) is 59.9 Å². The van der Waals surface area contributed by atoms with Crippen LogP contribution in [0.5, 0.6) is 0 Å². The molecule has 4 rings (SSSR count). The zero-order valence-electron chi connectivity index (χ0n) is 14.5. The van der Waals surface area contributed by atoms with Crippen LogP contribution in [0.25, 0.3) is 10.2 Å². The number of nitrogens with one attached hydrogen (secondary N) is 1. The Morgan fingerprint density at radius 3 is 2.88 bits per heavy atom. The van der Waals surface area contributed by atoms with Gasteiger partial charge in [-0.3, -0.25) is 4.98 Å². The number of ether oxygens (including phenoxy) is 1. The van der Waals surface area contributed by atoms with E-state index in [-0.39, 0.29) is 6.04 Å². The van der Waals surface area contributed by atoms with Crippen molar-refractivity contribution in [3.63, 3.8) is 0 Å². The Hall–Kier alpha value is -2.05. The first kappa shape index (κ1) is 16.4. The Bertz CT molecular complexity index is 864. The molecule has 0 amide bonds. The molecule has 25 heavy (non-hydrogen) atoms. The van der Waals surface area contributed by atoms with Crippen molar-refractivity contribution in [1.82, 2.24) is 15.0 Å². The second-order valence-electron chi connectivity index (χ2n) is 6.50. The molecule has 0 saturated carbocycles. The van der Waals surface area contributed by atoms with Crippen LogP contribution in [0.4, 0.5) is 5.82 Å². The van der Waals surface area contributed by atoms with Crippen LogP contribution in [0.1, 0.15) is 22.9 Å². The van der Waals surface area contributed by atoms with Gasteiger partial charge in [0.2, 0.25) is 0 Å². The van der Waals surface area contributed by atoms with Gasteiger partial charge in [0.15, 0.2) is 0 Å². The van der Waals surface area contributed by atoms with Crippen LogP contribution in [0, 0.1) is 12.8 Å². The lowest BCUT2D eigenvalue weighted by Crippen LogP contribution is -2.29. The first-order valence-corrected chi connectivity index (χ1v) is 9.54. The molecule has 1 aliphatic rings. The molecule has 1 aliphatic heterocycles. The Balaban J connectivity index is 1.60. The van der Waals surface area contributed by atoms with Crippen LogP contribution >= 0.6 is 11.3 Å². The summed E-state index contributed by atoms with van der Waals surface area (Å²) < 4.78 is 5.77. The molecule has 2 unspecified atom stereocenters. The van der Waals surface area contributed by atoms with Gasteiger partial charge in [-0.05, 0) is 43.0 Å². The predicted octanol–water partition coefficient (Wildman–Crippen LogP) is 3.63. The van der Waals surface area contributed by atoms with Crippen LogP contribution in [0.15, 0.2) is 30.9 Å². The average molecular weight is 354 g/mol. The predicted molar refractivity (Wildman–Crippen MR) is 101 cm³/mol. The molecule has 130 valence electrons. The third-order valence-corrected chi connectivity index (χ3v) is 5.97. The van der Waals surface area contributed by atoms with E-state index in [0.717, 1.165) is 30.1 Å². The van der Waals surface area contributed by atoms with E-state index in [1.165, 1.54) is 21.4 Å². The molecule has 3 aromatic rings. The zero-order chi connectivity index (χ0) is 17.2. The summed E-state index contributed by atoms with van der Waals surface area (Å²) >= 11 is 1.75. The third kappa shape index (κ3) is 3.24. The van der Waals surface area contributed by atoms with Gasteiger partial charge >= 0.3 is 0 Å². The van der Waals surface area contributed by atoms with E-state index in [9.17, 15) is 0 Å². The first-order valence-electron chi connectivity index (χ1n) is 8.72. The van der Waals surface area contributed by atoms with Gasteiger partial charge in [0, 0.05) is 23.2 Å². The second kappa shape index (κ2) is 7.06. The number of hydrogen-bond acceptors (Lipinski definition) is 6. The molecule has 0 radical (unpaired) electrons. The van der Waals surface area contributed by atoms with Crippen molar-refractivity contribution in [1.29, 1.82) is 0 Å². The average Bonchev–Trinajstić information content (AvgIpc) is 3.19.